The Morgan fingerprint density at radius 2 is 0.815 bits per heavy atom. The Bertz CT molecular complexity index is 3570. The van der Waals surface area contributed by atoms with Gasteiger partial charge in [-0.05, 0) is 142 Å². The largest absolute Gasteiger partial charge is 0.416 e. The lowest BCUT2D eigenvalue weighted by Crippen LogP contribution is -2.29. The molecule has 0 aliphatic rings. The Morgan fingerprint density at radius 3 is 1.28 bits per heavy atom. The van der Waals surface area contributed by atoms with Crippen molar-refractivity contribution in [3.05, 3.63) is 153 Å². The third kappa shape index (κ3) is 6.65. The topological polar surface area (TPSA) is 39.1 Å². The van der Waals surface area contributed by atoms with Crippen molar-refractivity contribution in [1.82, 2.24) is 4.57 Å². The number of nitrogens with zero attached hydrogens (tertiary/aromatic N) is 1. The van der Waals surface area contributed by atoms with Gasteiger partial charge in [-0.3, -0.25) is 14.2 Å². The van der Waals surface area contributed by atoms with E-state index in [-0.39, 0.29) is 23.2 Å². The molecule has 1 unspecified atom stereocenters. The molecule has 12 heteroatoms. The molecule has 0 aliphatic carbocycles. The van der Waals surface area contributed by atoms with Gasteiger partial charge in [-0.1, -0.05) is 106 Å². The van der Waals surface area contributed by atoms with Crippen LogP contribution in [0.2, 0.25) is 0 Å². The van der Waals surface area contributed by atoms with Crippen LogP contribution < -0.4 is 11.1 Å². The van der Waals surface area contributed by atoms with Gasteiger partial charge in [0, 0.05) is 6.54 Å². The summed E-state index contributed by atoms with van der Waals surface area (Å²) in [5.41, 5.74) is -0.758. The van der Waals surface area contributed by atoms with Gasteiger partial charge in [-0.25, -0.2) is 0 Å². The quantitative estimate of drug-likeness (QED) is 0.0823. The first-order valence-corrected chi connectivity index (χ1v) is 21.3. The lowest BCUT2D eigenvalue weighted by Gasteiger charge is -2.24. The van der Waals surface area contributed by atoms with Crippen LogP contribution in [0.1, 0.15) is 56.2 Å². The second-order valence-electron chi connectivity index (χ2n) is 16.9. The first-order chi connectivity index (χ1) is 30.9. The van der Waals surface area contributed by atoms with Crippen LogP contribution in [0.4, 0.5) is 39.5 Å². The molecule has 0 N–H and O–H groups in total. The smallest absolute Gasteiger partial charge is 0.274 e. The lowest BCUT2D eigenvalue weighted by atomic mass is 9.79. The maximum absolute atomic E-state index is 14.8. The summed E-state index contributed by atoms with van der Waals surface area (Å²) in [6.45, 7) is 4.29. The number of hydrogen-bond acceptors (Lipinski definition) is 2. The van der Waals surface area contributed by atoms with Crippen LogP contribution in [0.25, 0.3) is 98.0 Å². The molecule has 0 spiro atoms. The van der Waals surface area contributed by atoms with E-state index >= 15 is 0 Å². The molecule has 0 saturated carbocycles. The average molecular weight is 890 g/mol. The second-order valence-corrected chi connectivity index (χ2v) is 16.9. The van der Waals surface area contributed by atoms with Crippen LogP contribution in [0, 0.1) is 5.92 Å². The number of fused-ring (bicyclic) bond motifs is 4. The van der Waals surface area contributed by atoms with Gasteiger partial charge in [0.15, 0.2) is 0 Å². The monoisotopic (exact) mass is 889 g/mol. The molecule has 1 heterocycles. The summed E-state index contributed by atoms with van der Waals surface area (Å²) in [5.74, 6) is 0.0501. The molecule has 1 atom stereocenters. The summed E-state index contributed by atoms with van der Waals surface area (Å²) in [7, 11) is 0. The predicted molar refractivity (Wildman–Crippen MR) is 240 cm³/mol. The maximum atomic E-state index is 14.8. The number of benzene rings is 9. The normalized spacial score (nSPS) is 13.5. The molecule has 0 radical (unpaired) electrons. The molecule has 3 nitrogen and oxygen atoms in total. The van der Waals surface area contributed by atoms with Crippen LogP contribution in [0.3, 0.4) is 0 Å². The van der Waals surface area contributed by atoms with E-state index in [0.717, 1.165) is 62.1 Å². The highest BCUT2D eigenvalue weighted by Crippen LogP contribution is 2.53. The van der Waals surface area contributed by atoms with Crippen molar-refractivity contribution in [2.75, 3.05) is 0 Å². The predicted octanol–water partition coefficient (Wildman–Crippen LogP) is 15.7. The van der Waals surface area contributed by atoms with Crippen molar-refractivity contribution >= 4 is 64.6 Å². The van der Waals surface area contributed by atoms with Crippen LogP contribution in [0.5, 0.6) is 0 Å². The zero-order valence-corrected chi connectivity index (χ0v) is 34.7. The van der Waals surface area contributed by atoms with Gasteiger partial charge in [0.2, 0.25) is 0 Å². The molecule has 9 aromatic carbocycles. The first kappa shape index (κ1) is 42.3. The minimum absolute atomic E-state index is 0.0501. The van der Waals surface area contributed by atoms with E-state index in [0.29, 0.717) is 87.2 Å². The van der Waals surface area contributed by atoms with Gasteiger partial charge in [-0.2, -0.15) is 39.5 Å². The van der Waals surface area contributed by atoms with Crippen LogP contribution in [-0.4, -0.2) is 4.57 Å². The highest BCUT2D eigenvalue weighted by Gasteiger charge is 2.34. The van der Waals surface area contributed by atoms with E-state index < -0.39 is 46.3 Å². The molecule has 10 rings (SSSR count). The van der Waals surface area contributed by atoms with Gasteiger partial charge in [0.25, 0.3) is 11.1 Å². The fourth-order valence-corrected chi connectivity index (χ4v) is 10.0. The van der Waals surface area contributed by atoms with Gasteiger partial charge in [0.1, 0.15) is 0 Å². The summed E-state index contributed by atoms with van der Waals surface area (Å²) < 4.78 is 126. The summed E-state index contributed by atoms with van der Waals surface area (Å²) in [5, 5.41) is 6.10. The van der Waals surface area contributed by atoms with Crippen molar-refractivity contribution in [2.24, 2.45) is 5.92 Å². The van der Waals surface area contributed by atoms with E-state index in [4.69, 9.17) is 0 Å². The molecule has 1 aromatic heterocycles. The Morgan fingerprint density at radius 1 is 0.431 bits per heavy atom. The third-order valence-corrected chi connectivity index (χ3v) is 13.3. The van der Waals surface area contributed by atoms with Gasteiger partial charge in [0.05, 0.1) is 27.5 Å². The fourth-order valence-electron chi connectivity index (χ4n) is 10.0. The summed E-state index contributed by atoms with van der Waals surface area (Å²) in [6, 6.07) is 26.4. The zero-order valence-electron chi connectivity index (χ0n) is 34.7. The molecule has 10 aromatic rings. The summed E-state index contributed by atoms with van der Waals surface area (Å²) in [4.78, 5) is 29.5. The fraction of sp³-hybridized carbons (Fsp3) is 0.208. The first-order valence-electron chi connectivity index (χ1n) is 21.3. The van der Waals surface area contributed by atoms with E-state index in [9.17, 15) is 49.1 Å². The number of unbranched alkanes of at least 4 members (excludes halogenated alkanes) is 1. The Balaban J connectivity index is 1.39. The second kappa shape index (κ2) is 14.9. The third-order valence-electron chi connectivity index (χ3n) is 13.3. The molecule has 65 heavy (non-hydrogen) atoms. The minimum atomic E-state index is -4.64. The molecule has 0 fully saturated rings. The maximum Gasteiger partial charge on any atom is 0.416 e. The van der Waals surface area contributed by atoms with Gasteiger partial charge >= 0.3 is 18.5 Å². The number of halogens is 9. The van der Waals surface area contributed by atoms with Crippen LogP contribution in [-0.2, 0) is 25.1 Å². The average Bonchev–Trinajstić information content (AvgIpc) is 3.53. The summed E-state index contributed by atoms with van der Waals surface area (Å²) in [6.07, 6.45) is -10.4. The zero-order chi connectivity index (χ0) is 45.9. The van der Waals surface area contributed by atoms with Crippen molar-refractivity contribution in [3.8, 4) is 33.4 Å². The van der Waals surface area contributed by atoms with E-state index in [1.54, 1.807) is 36.4 Å². The number of hydrogen-bond donors (Lipinski definition) is 0. The molecule has 328 valence electrons. The van der Waals surface area contributed by atoms with Gasteiger partial charge in [-0.15, -0.1) is 0 Å². The number of aromatic nitrogens is 1. The lowest BCUT2D eigenvalue weighted by molar-refractivity contribution is -0.138. The Hall–Kier alpha value is -6.69. The SMILES string of the molecule is CCCCC(CC)Cn1c(=O)c2c3ccc4c(-c5ccc(C(F)(F)F)cc5)ccc5c6c(-c7ccc(C(F)(F)F)cc7)cc(-c7ccc(C(F)(F)F)cc7)c7ccc(c2c1=O)c(c76)c3c45. The molecular formula is C53H36F9NO2. The van der Waals surface area contributed by atoms with E-state index in [2.05, 4.69) is 6.92 Å². The molecule has 0 bridgehead atoms. The molecular weight excluding hydrogens is 854 g/mol. The highest BCUT2D eigenvalue weighted by atomic mass is 19.4. The van der Waals surface area contributed by atoms with Crippen molar-refractivity contribution < 1.29 is 39.5 Å². The Labute approximate surface area is 364 Å². The Kier molecular flexibility index (Phi) is 9.71. The highest BCUT2D eigenvalue weighted by molar-refractivity contribution is 6.46. The molecule has 0 amide bonds. The summed E-state index contributed by atoms with van der Waals surface area (Å²) >= 11 is 0. The van der Waals surface area contributed by atoms with Crippen molar-refractivity contribution in [1.29, 1.82) is 0 Å². The van der Waals surface area contributed by atoms with Crippen LogP contribution in [0.15, 0.2) is 125 Å². The number of rotatable bonds is 9. The van der Waals surface area contributed by atoms with Crippen molar-refractivity contribution in [3.63, 3.8) is 0 Å². The van der Waals surface area contributed by atoms with Crippen LogP contribution >= 0.6 is 0 Å². The van der Waals surface area contributed by atoms with E-state index in [1.165, 1.54) is 41.0 Å². The molecule has 0 saturated heterocycles. The number of alkyl halides is 9. The minimum Gasteiger partial charge on any atom is -0.274 e. The van der Waals surface area contributed by atoms with Gasteiger partial charge < -0.3 is 0 Å². The van der Waals surface area contributed by atoms with Crippen molar-refractivity contribution in [2.45, 2.75) is 64.6 Å². The molecule has 0 aliphatic heterocycles. The standard InChI is InChI=1S/C53H36F9NO2/c1-3-5-6-27(4-2)26-63-49(64)47-38-23-20-35-34(28-7-13-31(14-8-28)51(54,55)56)19-22-37-42(35)45(38)46-39(48(47)50(63)65)24-21-36-40(29-9-15-32(16-10-29)52(57,58)59)25-41(43(37)44(36)46)30-11-17-33(18-12-30)53(60,61)62/h7-25,27H,3-6,26H2,1-2H3. The van der Waals surface area contributed by atoms with E-state index in [1.807, 2.05) is 13.0 Å².